The fourth-order valence-corrected chi connectivity index (χ4v) is 2.38. The van der Waals surface area contributed by atoms with E-state index in [4.69, 9.17) is 10.5 Å². The highest BCUT2D eigenvalue weighted by atomic mass is 16.5. The van der Waals surface area contributed by atoms with Crippen LogP contribution < -0.4 is 10.5 Å². The van der Waals surface area contributed by atoms with Gasteiger partial charge in [-0.3, -0.25) is 0 Å². The molecule has 2 nitrogen and oxygen atoms in total. The second-order valence-corrected chi connectivity index (χ2v) is 6.01. The first-order valence-electron chi connectivity index (χ1n) is 7.50. The second-order valence-electron chi connectivity index (χ2n) is 6.01. The van der Waals surface area contributed by atoms with E-state index in [9.17, 15) is 0 Å². The van der Waals surface area contributed by atoms with Crippen molar-refractivity contribution >= 4 is 0 Å². The summed E-state index contributed by atoms with van der Waals surface area (Å²) in [6.45, 7) is 6.42. The van der Waals surface area contributed by atoms with Crippen molar-refractivity contribution in [3.63, 3.8) is 0 Å². The van der Waals surface area contributed by atoms with Crippen molar-refractivity contribution in [2.24, 2.45) is 11.7 Å². The molecule has 0 saturated carbocycles. The van der Waals surface area contributed by atoms with Gasteiger partial charge < -0.3 is 10.5 Å². The van der Waals surface area contributed by atoms with Crippen molar-refractivity contribution < 1.29 is 4.74 Å². The Balaban J connectivity index is 2.25. The van der Waals surface area contributed by atoms with Crippen molar-refractivity contribution in [1.29, 1.82) is 0 Å². The van der Waals surface area contributed by atoms with E-state index in [-0.39, 0.29) is 6.04 Å². The van der Waals surface area contributed by atoms with Gasteiger partial charge in [0, 0.05) is 11.6 Å². The minimum absolute atomic E-state index is 0.212. The van der Waals surface area contributed by atoms with Crippen LogP contribution in [0.25, 0.3) is 11.1 Å². The van der Waals surface area contributed by atoms with Gasteiger partial charge >= 0.3 is 0 Å². The number of benzene rings is 2. The predicted molar refractivity (Wildman–Crippen MR) is 89.7 cm³/mol. The molecule has 112 valence electrons. The molecule has 0 radical (unpaired) electrons. The quantitative estimate of drug-likeness (QED) is 0.892. The molecule has 0 amide bonds. The van der Waals surface area contributed by atoms with Crippen LogP contribution in [0.15, 0.2) is 42.5 Å². The van der Waals surface area contributed by atoms with Crippen LogP contribution in [0.1, 0.15) is 25.0 Å². The molecule has 2 heteroatoms. The molecule has 1 atom stereocenters. The number of hydrogen-bond donors (Lipinski definition) is 1. The molecule has 0 aliphatic rings. The van der Waals surface area contributed by atoms with Gasteiger partial charge in [-0.05, 0) is 42.5 Å². The van der Waals surface area contributed by atoms with E-state index in [0.29, 0.717) is 5.92 Å². The molecule has 2 N–H and O–H groups in total. The van der Waals surface area contributed by atoms with E-state index < -0.39 is 0 Å². The first-order valence-corrected chi connectivity index (χ1v) is 7.50. The molecule has 2 rings (SSSR count). The topological polar surface area (TPSA) is 35.2 Å². The van der Waals surface area contributed by atoms with Crippen LogP contribution >= 0.6 is 0 Å². The molecule has 0 aliphatic heterocycles. The Morgan fingerprint density at radius 2 is 1.71 bits per heavy atom. The molecule has 0 bridgehead atoms. The highest BCUT2D eigenvalue weighted by Gasteiger charge is 2.10. The Morgan fingerprint density at radius 3 is 2.29 bits per heavy atom. The number of methoxy groups -OCH3 is 1. The van der Waals surface area contributed by atoms with Crippen LogP contribution in [0.2, 0.25) is 0 Å². The summed E-state index contributed by atoms with van der Waals surface area (Å²) in [5, 5.41) is 0. The molecule has 1 unspecified atom stereocenters. The summed E-state index contributed by atoms with van der Waals surface area (Å²) in [7, 11) is 1.71. The summed E-state index contributed by atoms with van der Waals surface area (Å²) in [5.74, 6) is 1.41. The third-order valence-corrected chi connectivity index (χ3v) is 3.95. The minimum Gasteiger partial charge on any atom is -0.496 e. The van der Waals surface area contributed by atoms with Gasteiger partial charge in [-0.2, -0.15) is 0 Å². The van der Waals surface area contributed by atoms with Gasteiger partial charge in [0.05, 0.1) is 7.11 Å². The standard InChI is InChI=1S/C19H25NO/c1-13(2)18(20)12-15-6-8-16(9-7-15)17-11-14(3)5-10-19(17)21-4/h5-11,13,18H,12,20H2,1-4H3. The summed E-state index contributed by atoms with van der Waals surface area (Å²) in [6.07, 6.45) is 0.920. The normalized spacial score (nSPS) is 12.5. The van der Waals surface area contributed by atoms with E-state index in [1.807, 2.05) is 6.07 Å². The van der Waals surface area contributed by atoms with Crippen molar-refractivity contribution in [1.82, 2.24) is 0 Å². The summed E-state index contributed by atoms with van der Waals surface area (Å²) in [6, 6.07) is 15.1. The van der Waals surface area contributed by atoms with Crippen molar-refractivity contribution in [2.45, 2.75) is 33.2 Å². The first kappa shape index (κ1) is 15.6. The Hall–Kier alpha value is -1.80. The molecule has 0 heterocycles. The first-order chi connectivity index (χ1) is 10.0. The van der Waals surface area contributed by atoms with Gasteiger partial charge in [-0.25, -0.2) is 0 Å². The third kappa shape index (κ3) is 3.85. The second kappa shape index (κ2) is 6.77. The van der Waals surface area contributed by atoms with Gasteiger partial charge in [-0.1, -0.05) is 49.7 Å². The van der Waals surface area contributed by atoms with Crippen LogP contribution in [0.3, 0.4) is 0 Å². The van der Waals surface area contributed by atoms with E-state index in [2.05, 4.69) is 57.2 Å². The largest absolute Gasteiger partial charge is 0.496 e. The fourth-order valence-electron chi connectivity index (χ4n) is 2.38. The highest BCUT2D eigenvalue weighted by molar-refractivity contribution is 5.71. The zero-order valence-corrected chi connectivity index (χ0v) is 13.4. The molecule has 0 spiro atoms. The summed E-state index contributed by atoms with van der Waals surface area (Å²) in [5.41, 5.74) is 11.0. The Kier molecular flexibility index (Phi) is 5.03. The van der Waals surface area contributed by atoms with E-state index in [1.54, 1.807) is 7.11 Å². The van der Waals surface area contributed by atoms with Crippen molar-refractivity contribution in [3.8, 4) is 16.9 Å². The number of ether oxygens (including phenoxy) is 1. The van der Waals surface area contributed by atoms with Crippen LogP contribution in [0.4, 0.5) is 0 Å². The summed E-state index contributed by atoms with van der Waals surface area (Å²) >= 11 is 0. The van der Waals surface area contributed by atoms with Crippen LogP contribution in [0, 0.1) is 12.8 Å². The Morgan fingerprint density at radius 1 is 1.05 bits per heavy atom. The smallest absolute Gasteiger partial charge is 0.126 e. The lowest BCUT2D eigenvalue weighted by Gasteiger charge is -2.16. The third-order valence-electron chi connectivity index (χ3n) is 3.95. The van der Waals surface area contributed by atoms with Crippen molar-refractivity contribution in [3.05, 3.63) is 53.6 Å². The molecular weight excluding hydrogens is 258 g/mol. The van der Waals surface area contributed by atoms with Crippen LogP contribution in [-0.2, 0) is 6.42 Å². The molecule has 0 saturated heterocycles. The maximum Gasteiger partial charge on any atom is 0.126 e. The van der Waals surface area contributed by atoms with E-state index in [0.717, 1.165) is 17.7 Å². The Labute approximate surface area is 127 Å². The summed E-state index contributed by atoms with van der Waals surface area (Å²) < 4.78 is 5.46. The monoisotopic (exact) mass is 283 g/mol. The lowest BCUT2D eigenvalue weighted by Crippen LogP contribution is -2.28. The zero-order valence-electron chi connectivity index (χ0n) is 13.4. The number of hydrogen-bond acceptors (Lipinski definition) is 2. The fraction of sp³-hybridized carbons (Fsp3) is 0.368. The molecule has 0 aliphatic carbocycles. The maximum atomic E-state index is 6.14. The molecule has 0 fully saturated rings. The molecule has 21 heavy (non-hydrogen) atoms. The Bertz CT molecular complexity index is 587. The molecule has 2 aromatic carbocycles. The number of rotatable bonds is 5. The maximum absolute atomic E-state index is 6.14. The van der Waals surface area contributed by atoms with Crippen molar-refractivity contribution in [2.75, 3.05) is 7.11 Å². The SMILES string of the molecule is COc1ccc(C)cc1-c1ccc(CC(N)C(C)C)cc1. The molecule has 0 aromatic heterocycles. The number of nitrogens with two attached hydrogens (primary N) is 1. The minimum atomic E-state index is 0.212. The van der Waals surface area contributed by atoms with E-state index in [1.165, 1.54) is 16.7 Å². The van der Waals surface area contributed by atoms with Gasteiger partial charge in [-0.15, -0.1) is 0 Å². The van der Waals surface area contributed by atoms with Gasteiger partial charge in [0.15, 0.2) is 0 Å². The summed E-state index contributed by atoms with van der Waals surface area (Å²) in [4.78, 5) is 0. The van der Waals surface area contributed by atoms with Crippen LogP contribution in [0.5, 0.6) is 5.75 Å². The van der Waals surface area contributed by atoms with Gasteiger partial charge in [0.1, 0.15) is 5.75 Å². The zero-order chi connectivity index (χ0) is 15.4. The number of aryl methyl sites for hydroxylation is 1. The van der Waals surface area contributed by atoms with E-state index >= 15 is 0 Å². The lowest BCUT2D eigenvalue weighted by molar-refractivity contribution is 0.416. The van der Waals surface area contributed by atoms with Crippen LogP contribution in [-0.4, -0.2) is 13.2 Å². The van der Waals surface area contributed by atoms with Gasteiger partial charge in [0.2, 0.25) is 0 Å². The average Bonchev–Trinajstić information content (AvgIpc) is 2.48. The predicted octanol–water partition coefficient (Wildman–Crippen LogP) is 4.20. The van der Waals surface area contributed by atoms with Gasteiger partial charge in [0.25, 0.3) is 0 Å². The lowest BCUT2D eigenvalue weighted by atomic mass is 9.95. The average molecular weight is 283 g/mol. The molecular formula is C19H25NO. The highest BCUT2D eigenvalue weighted by Crippen LogP contribution is 2.31. The molecule has 2 aromatic rings.